The minimum Gasteiger partial charge on any atom is -0.412 e. The maximum Gasteiger partial charge on any atom is 0.106 e. The minimum atomic E-state index is 0.464. The Labute approximate surface area is 73.2 Å². The first kappa shape index (κ1) is 7.36. The lowest BCUT2D eigenvalue weighted by atomic mass is 10.4. The summed E-state index contributed by atoms with van der Waals surface area (Å²) in [6.45, 7) is 0. The van der Waals surface area contributed by atoms with E-state index in [0.717, 1.165) is 0 Å². The van der Waals surface area contributed by atoms with Crippen molar-refractivity contribution in [2.24, 2.45) is 0 Å². The fourth-order valence-electron chi connectivity index (χ4n) is 0.943. The van der Waals surface area contributed by atoms with Crippen molar-refractivity contribution in [2.45, 2.75) is 0 Å². The van der Waals surface area contributed by atoms with E-state index in [1.165, 1.54) is 23.3 Å². The Balaban J connectivity index is 2.42. The molecule has 0 fully saturated rings. The highest BCUT2D eigenvalue weighted by atomic mass is 16.5. The molecular formula is C7H5N5O. The molecule has 0 aliphatic rings. The summed E-state index contributed by atoms with van der Waals surface area (Å²) in [5.74, 6) is 0. The molecule has 0 aromatic carbocycles. The van der Waals surface area contributed by atoms with Gasteiger partial charge in [-0.3, -0.25) is 0 Å². The molecule has 6 heteroatoms. The Kier molecular flexibility index (Phi) is 1.49. The first-order valence-electron chi connectivity index (χ1n) is 3.48. The smallest absolute Gasteiger partial charge is 0.106 e. The van der Waals surface area contributed by atoms with Gasteiger partial charge in [-0.1, -0.05) is 0 Å². The molecule has 0 amide bonds. The van der Waals surface area contributed by atoms with Crippen LogP contribution < -0.4 is 0 Å². The van der Waals surface area contributed by atoms with Crippen LogP contribution in [-0.4, -0.2) is 24.9 Å². The molecule has 13 heavy (non-hydrogen) atoms. The van der Waals surface area contributed by atoms with E-state index < -0.39 is 0 Å². The summed E-state index contributed by atoms with van der Waals surface area (Å²) in [7, 11) is 0. The van der Waals surface area contributed by atoms with E-state index in [2.05, 4.69) is 10.2 Å². The van der Waals surface area contributed by atoms with E-state index in [4.69, 9.17) is 10.5 Å². The highest BCUT2D eigenvalue weighted by Crippen LogP contribution is 2.05. The fraction of sp³-hybridized carbons (Fsp3) is 0. The Hall–Kier alpha value is -2.29. The number of hydrogen-bond donors (Lipinski definition) is 1. The van der Waals surface area contributed by atoms with E-state index in [-0.39, 0.29) is 0 Å². The zero-order valence-corrected chi connectivity index (χ0v) is 6.49. The third-order valence-corrected chi connectivity index (χ3v) is 1.53. The molecule has 0 saturated carbocycles. The van der Waals surface area contributed by atoms with Gasteiger partial charge in [0.05, 0.1) is 24.2 Å². The predicted molar refractivity (Wildman–Crippen MR) is 41.2 cm³/mol. The van der Waals surface area contributed by atoms with Crippen LogP contribution in [0, 0.1) is 11.3 Å². The summed E-state index contributed by atoms with van der Waals surface area (Å²) in [5, 5.41) is 24.9. The quantitative estimate of drug-likeness (QED) is 0.627. The molecule has 2 heterocycles. The zero-order chi connectivity index (χ0) is 9.26. The molecule has 2 aromatic rings. The van der Waals surface area contributed by atoms with E-state index in [1.54, 1.807) is 6.20 Å². The monoisotopic (exact) mass is 175 g/mol. The Morgan fingerprint density at radius 1 is 1.31 bits per heavy atom. The van der Waals surface area contributed by atoms with Crippen LogP contribution in [0.2, 0.25) is 0 Å². The van der Waals surface area contributed by atoms with Gasteiger partial charge in [0, 0.05) is 6.20 Å². The third-order valence-electron chi connectivity index (χ3n) is 1.53. The van der Waals surface area contributed by atoms with Gasteiger partial charge in [-0.15, -0.1) is 9.94 Å². The second kappa shape index (κ2) is 2.64. The van der Waals surface area contributed by atoms with Gasteiger partial charge < -0.3 is 5.21 Å². The van der Waals surface area contributed by atoms with Crippen molar-refractivity contribution in [1.82, 2.24) is 19.7 Å². The van der Waals surface area contributed by atoms with Crippen LogP contribution in [0.25, 0.3) is 5.69 Å². The average molecular weight is 175 g/mol. The van der Waals surface area contributed by atoms with E-state index in [0.29, 0.717) is 16.1 Å². The third kappa shape index (κ3) is 1.22. The van der Waals surface area contributed by atoms with Crippen LogP contribution in [0.3, 0.4) is 0 Å². The Bertz CT molecular complexity index is 463. The maximum absolute atomic E-state index is 8.88. The molecule has 0 spiro atoms. The molecule has 0 bridgehead atoms. The van der Waals surface area contributed by atoms with Gasteiger partial charge >= 0.3 is 0 Å². The number of rotatable bonds is 1. The van der Waals surface area contributed by atoms with Gasteiger partial charge in [-0.05, 0) is 0 Å². The van der Waals surface area contributed by atoms with Crippen LogP contribution >= 0.6 is 0 Å². The average Bonchev–Trinajstić information content (AvgIpc) is 2.71. The van der Waals surface area contributed by atoms with Crippen molar-refractivity contribution in [3.63, 3.8) is 0 Å². The molecule has 0 radical (unpaired) electrons. The molecule has 0 atom stereocenters. The number of nitriles is 1. The van der Waals surface area contributed by atoms with Crippen molar-refractivity contribution in [1.29, 1.82) is 5.26 Å². The van der Waals surface area contributed by atoms with Gasteiger partial charge in [0.1, 0.15) is 11.8 Å². The normalized spacial score (nSPS) is 9.77. The lowest BCUT2D eigenvalue weighted by molar-refractivity contribution is 0.149. The Morgan fingerprint density at radius 3 is 2.69 bits per heavy atom. The molecule has 2 aromatic heterocycles. The number of nitrogens with zero attached hydrogens (tertiary/aromatic N) is 5. The Morgan fingerprint density at radius 2 is 2.15 bits per heavy atom. The molecular weight excluding hydrogens is 170 g/mol. The predicted octanol–water partition coefficient (Wildman–Crippen LogP) is 0.178. The maximum atomic E-state index is 8.88. The summed E-state index contributed by atoms with van der Waals surface area (Å²) in [5.41, 5.74) is 1.06. The molecule has 0 aliphatic heterocycles. The summed E-state index contributed by atoms with van der Waals surface area (Å²) in [4.78, 5) is 0.684. The minimum absolute atomic E-state index is 0.464. The molecule has 6 nitrogen and oxygen atoms in total. The molecule has 2 rings (SSSR count). The summed E-state index contributed by atoms with van der Waals surface area (Å²) in [6.07, 6.45) is 5.81. The van der Waals surface area contributed by atoms with Crippen molar-refractivity contribution in [3.8, 4) is 11.8 Å². The van der Waals surface area contributed by atoms with Gasteiger partial charge in [-0.25, -0.2) is 4.68 Å². The van der Waals surface area contributed by atoms with Gasteiger partial charge in [0.15, 0.2) is 0 Å². The molecule has 1 N–H and O–H groups in total. The number of hydrogen-bond acceptors (Lipinski definition) is 4. The molecule has 64 valence electrons. The summed E-state index contributed by atoms with van der Waals surface area (Å²) in [6, 6.07) is 1.95. The van der Waals surface area contributed by atoms with Crippen LogP contribution in [0.5, 0.6) is 0 Å². The van der Waals surface area contributed by atoms with Crippen molar-refractivity contribution in [3.05, 3.63) is 30.4 Å². The molecule has 0 unspecified atom stereocenters. The second-order valence-electron chi connectivity index (χ2n) is 2.40. The topological polar surface area (TPSA) is 79.7 Å². The van der Waals surface area contributed by atoms with Crippen molar-refractivity contribution >= 4 is 0 Å². The number of aromatic nitrogens is 4. The SMILES string of the molecule is N#Cc1cnn(-c2cnn(O)c2)c1. The highest BCUT2D eigenvalue weighted by Gasteiger charge is 2.01. The summed E-state index contributed by atoms with van der Waals surface area (Å²) < 4.78 is 1.46. The largest absolute Gasteiger partial charge is 0.412 e. The fourth-order valence-corrected chi connectivity index (χ4v) is 0.943. The van der Waals surface area contributed by atoms with Crippen molar-refractivity contribution < 1.29 is 5.21 Å². The first-order valence-corrected chi connectivity index (χ1v) is 3.48. The van der Waals surface area contributed by atoms with E-state index in [9.17, 15) is 0 Å². The van der Waals surface area contributed by atoms with Crippen LogP contribution in [0.15, 0.2) is 24.8 Å². The van der Waals surface area contributed by atoms with Gasteiger partial charge in [0.2, 0.25) is 0 Å². The zero-order valence-electron chi connectivity index (χ0n) is 6.49. The van der Waals surface area contributed by atoms with E-state index >= 15 is 0 Å². The van der Waals surface area contributed by atoms with Crippen LogP contribution in [-0.2, 0) is 0 Å². The molecule has 0 aliphatic carbocycles. The highest BCUT2D eigenvalue weighted by molar-refractivity contribution is 5.29. The van der Waals surface area contributed by atoms with Crippen molar-refractivity contribution in [2.75, 3.05) is 0 Å². The standard InChI is InChI=1S/C7H5N5O/c8-1-6-2-9-11(4-6)7-3-10-12(13)5-7/h2-5,13H. The van der Waals surface area contributed by atoms with Gasteiger partial charge in [0.25, 0.3) is 0 Å². The van der Waals surface area contributed by atoms with E-state index in [1.807, 2.05) is 6.07 Å². The van der Waals surface area contributed by atoms with Gasteiger partial charge in [-0.2, -0.15) is 10.4 Å². The van der Waals surface area contributed by atoms with Crippen LogP contribution in [0.4, 0.5) is 0 Å². The lowest BCUT2D eigenvalue weighted by Crippen LogP contribution is -1.92. The second-order valence-corrected chi connectivity index (χ2v) is 2.40. The lowest BCUT2D eigenvalue weighted by Gasteiger charge is -1.91. The first-order chi connectivity index (χ1) is 6.29. The van der Waals surface area contributed by atoms with Crippen LogP contribution in [0.1, 0.15) is 5.56 Å². The summed E-state index contributed by atoms with van der Waals surface area (Å²) >= 11 is 0. The molecule has 0 saturated heterocycles.